The van der Waals surface area contributed by atoms with E-state index in [4.69, 9.17) is 26.8 Å². The smallest absolute Gasteiger partial charge is 0.161 e. The highest BCUT2D eigenvalue weighted by Gasteiger charge is 2.17. The predicted molar refractivity (Wildman–Crippen MR) is 74.9 cm³/mol. The molecule has 0 aliphatic carbocycles. The van der Waals surface area contributed by atoms with Crippen LogP contribution in [0.2, 0.25) is 5.02 Å². The van der Waals surface area contributed by atoms with Gasteiger partial charge < -0.3 is 15.2 Å². The summed E-state index contributed by atoms with van der Waals surface area (Å²) < 4.78 is 24.1. The van der Waals surface area contributed by atoms with Gasteiger partial charge in [0.25, 0.3) is 0 Å². The van der Waals surface area contributed by atoms with Crippen LogP contribution in [0.3, 0.4) is 0 Å². The molecule has 104 valence electrons. The van der Waals surface area contributed by atoms with Gasteiger partial charge in [-0.1, -0.05) is 23.7 Å². The van der Waals surface area contributed by atoms with Gasteiger partial charge in [-0.05, 0) is 35.4 Å². The highest BCUT2D eigenvalue weighted by molar-refractivity contribution is 6.31. The van der Waals surface area contributed by atoms with Gasteiger partial charge in [-0.2, -0.15) is 0 Å². The van der Waals surface area contributed by atoms with E-state index in [0.717, 1.165) is 5.56 Å². The average molecular weight is 294 g/mol. The Balaban J connectivity index is 1.95. The third-order valence-electron chi connectivity index (χ3n) is 3.22. The number of hydrogen-bond acceptors (Lipinski definition) is 3. The van der Waals surface area contributed by atoms with Gasteiger partial charge in [0.1, 0.15) is 19.0 Å². The fraction of sp³-hybridized carbons (Fsp3) is 0.200. The second-order valence-corrected chi connectivity index (χ2v) is 4.95. The Morgan fingerprint density at radius 3 is 2.55 bits per heavy atom. The van der Waals surface area contributed by atoms with Gasteiger partial charge in [0.05, 0.1) is 6.04 Å². The molecule has 0 fully saturated rings. The lowest BCUT2D eigenvalue weighted by atomic mass is 9.99. The minimum absolute atomic E-state index is 0.312. The van der Waals surface area contributed by atoms with Crippen LogP contribution in [-0.4, -0.2) is 13.2 Å². The number of rotatable bonds is 2. The van der Waals surface area contributed by atoms with Crippen LogP contribution in [-0.2, 0) is 0 Å². The first-order valence-corrected chi connectivity index (χ1v) is 6.63. The maximum atomic E-state index is 13.1. The first-order valence-electron chi connectivity index (χ1n) is 6.25. The lowest BCUT2D eigenvalue weighted by Gasteiger charge is -2.21. The van der Waals surface area contributed by atoms with Crippen LogP contribution in [0.5, 0.6) is 11.5 Å². The van der Waals surface area contributed by atoms with E-state index >= 15 is 0 Å². The first-order chi connectivity index (χ1) is 9.65. The maximum Gasteiger partial charge on any atom is 0.161 e. The maximum absolute atomic E-state index is 13.1. The van der Waals surface area contributed by atoms with Gasteiger partial charge in [-0.3, -0.25) is 0 Å². The van der Waals surface area contributed by atoms with Crippen LogP contribution >= 0.6 is 11.6 Å². The molecule has 2 N–H and O–H groups in total. The molecule has 0 spiro atoms. The third-order valence-corrected chi connectivity index (χ3v) is 3.55. The van der Waals surface area contributed by atoms with Crippen molar-refractivity contribution in [2.75, 3.05) is 13.2 Å². The van der Waals surface area contributed by atoms with Crippen molar-refractivity contribution in [2.45, 2.75) is 6.04 Å². The average Bonchev–Trinajstić information content (AvgIpc) is 2.46. The Kier molecular flexibility index (Phi) is 3.51. The molecule has 1 aliphatic rings. The number of hydrogen-bond donors (Lipinski definition) is 1. The van der Waals surface area contributed by atoms with Crippen LogP contribution in [0.4, 0.5) is 4.39 Å². The van der Waals surface area contributed by atoms with Crippen LogP contribution < -0.4 is 15.2 Å². The van der Waals surface area contributed by atoms with E-state index < -0.39 is 6.04 Å². The van der Waals surface area contributed by atoms with Crippen molar-refractivity contribution in [1.82, 2.24) is 0 Å². The number of fused-ring (bicyclic) bond motifs is 1. The SMILES string of the molecule is NC(c1ccc2c(c1)OCCO2)c1ccc(F)cc1Cl. The molecule has 3 rings (SSSR count). The number of nitrogens with two attached hydrogens (primary N) is 1. The first kappa shape index (κ1) is 13.2. The highest BCUT2D eigenvalue weighted by Crippen LogP contribution is 2.35. The van der Waals surface area contributed by atoms with E-state index in [9.17, 15) is 4.39 Å². The zero-order chi connectivity index (χ0) is 14.1. The summed E-state index contributed by atoms with van der Waals surface area (Å²) in [4.78, 5) is 0. The van der Waals surface area contributed by atoms with Gasteiger partial charge in [-0.15, -0.1) is 0 Å². The summed E-state index contributed by atoms with van der Waals surface area (Å²) in [7, 11) is 0. The van der Waals surface area contributed by atoms with Crippen molar-refractivity contribution in [3.8, 4) is 11.5 Å². The molecule has 0 saturated heterocycles. The van der Waals surface area contributed by atoms with Gasteiger partial charge in [0.15, 0.2) is 11.5 Å². The van der Waals surface area contributed by atoms with E-state index in [-0.39, 0.29) is 5.82 Å². The predicted octanol–water partition coefficient (Wildman–Crippen LogP) is 3.30. The summed E-state index contributed by atoms with van der Waals surface area (Å²) in [6.07, 6.45) is 0. The second kappa shape index (κ2) is 5.31. The third kappa shape index (κ3) is 2.44. The van der Waals surface area contributed by atoms with Crippen molar-refractivity contribution in [3.63, 3.8) is 0 Å². The lowest BCUT2D eigenvalue weighted by molar-refractivity contribution is 0.171. The quantitative estimate of drug-likeness (QED) is 0.924. The standard InChI is InChI=1S/C15H13ClFNO2/c16-12-8-10(17)2-3-11(12)15(18)9-1-4-13-14(7-9)20-6-5-19-13/h1-4,7-8,15H,5-6,18H2. The molecule has 3 nitrogen and oxygen atoms in total. The fourth-order valence-corrected chi connectivity index (χ4v) is 2.47. The molecular weight excluding hydrogens is 281 g/mol. The van der Waals surface area contributed by atoms with Crippen molar-refractivity contribution >= 4 is 11.6 Å². The number of halogens is 2. The molecule has 0 amide bonds. The highest BCUT2D eigenvalue weighted by atomic mass is 35.5. The molecule has 1 heterocycles. The summed E-state index contributed by atoms with van der Waals surface area (Å²) in [5.41, 5.74) is 7.70. The Morgan fingerprint density at radius 1 is 1.05 bits per heavy atom. The Labute approximate surface area is 121 Å². The molecule has 2 aromatic carbocycles. The molecule has 0 bridgehead atoms. The van der Waals surface area contributed by atoms with Crippen molar-refractivity contribution < 1.29 is 13.9 Å². The van der Waals surface area contributed by atoms with Crippen molar-refractivity contribution in [1.29, 1.82) is 0 Å². The molecule has 0 saturated carbocycles. The summed E-state index contributed by atoms with van der Waals surface area (Å²) in [6, 6.07) is 9.27. The normalized spacial score (nSPS) is 14.9. The lowest BCUT2D eigenvalue weighted by Crippen LogP contribution is -2.17. The van der Waals surface area contributed by atoms with E-state index in [1.807, 2.05) is 18.2 Å². The van der Waals surface area contributed by atoms with Gasteiger partial charge >= 0.3 is 0 Å². The zero-order valence-electron chi connectivity index (χ0n) is 10.6. The molecule has 0 aromatic heterocycles. The van der Waals surface area contributed by atoms with Crippen molar-refractivity contribution in [3.05, 3.63) is 58.4 Å². The van der Waals surface area contributed by atoms with Crippen LogP contribution in [0.15, 0.2) is 36.4 Å². The number of ether oxygens (including phenoxy) is 2. The summed E-state index contributed by atoms with van der Waals surface area (Å²) in [5, 5.41) is 0.312. The molecule has 5 heteroatoms. The van der Waals surface area contributed by atoms with E-state index in [1.165, 1.54) is 12.1 Å². The summed E-state index contributed by atoms with van der Waals surface area (Å²) in [5.74, 6) is 0.993. The zero-order valence-corrected chi connectivity index (χ0v) is 11.4. The topological polar surface area (TPSA) is 44.5 Å². The van der Waals surface area contributed by atoms with E-state index in [0.29, 0.717) is 35.3 Å². The molecule has 1 aliphatic heterocycles. The number of benzene rings is 2. The van der Waals surface area contributed by atoms with Crippen LogP contribution in [0, 0.1) is 5.82 Å². The minimum Gasteiger partial charge on any atom is -0.486 e. The Hall–Kier alpha value is -1.78. The molecule has 20 heavy (non-hydrogen) atoms. The molecule has 1 atom stereocenters. The van der Waals surface area contributed by atoms with E-state index in [1.54, 1.807) is 6.07 Å². The Morgan fingerprint density at radius 2 is 1.80 bits per heavy atom. The molecular formula is C15H13ClFNO2. The van der Waals surface area contributed by atoms with Gasteiger partial charge in [0, 0.05) is 5.02 Å². The van der Waals surface area contributed by atoms with Crippen LogP contribution in [0.25, 0.3) is 0 Å². The van der Waals surface area contributed by atoms with Gasteiger partial charge in [-0.25, -0.2) is 4.39 Å². The fourth-order valence-electron chi connectivity index (χ4n) is 2.19. The summed E-state index contributed by atoms with van der Waals surface area (Å²) >= 11 is 6.04. The largest absolute Gasteiger partial charge is 0.486 e. The second-order valence-electron chi connectivity index (χ2n) is 4.55. The molecule has 1 unspecified atom stereocenters. The van der Waals surface area contributed by atoms with Crippen molar-refractivity contribution in [2.24, 2.45) is 5.73 Å². The summed E-state index contributed by atoms with van der Waals surface area (Å²) in [6.45, 7) is 1.06. The molecule has 0 radical (unpaired) electrons. The Bertz CT molecular complexity index is 648. The van der Waals surface area contributed by atoms with Gasteiger partial charge in [0.2, 0.25) is 0 Å². The van der Waals surface area contributed by atoms with E-state index in [2.05, 4.69) is 0 Å². The molecule has 2 aromatic rings. The monoisotopic (exact) mass is 293 g/mol. The van der Waals surface area contributed by atoms with Crippen LogP contribution in [0.1, 0.15) is 17.2 Å². The minimum atomic E-state index is -0.445.